The van der Waals surface area contributed by atoms with E-state index >= 15 is 0 Å². The van der Waals surface area contributed by atoms with Crippen LogP contribution in [0.2, 0.25) is 0 Å². The van der Waals surface area contributed by atoms with Gasteiger partial charge in [-0.2, -0.15) is 0 Å². The fourth-order valence-electron chi connectivity index (χ4n) is 4.25. The second kappa shape index (κ2) is 6.56. The predicted octanol–water partition coefficient (Wildman–Crippen LogP) is 3.18. The van der Waals surface area contributed by atoms with E-state index < -0.39 is 0 Å². The normalized spacial score (nSPS) is 15.5. The van der Waals surface area contributed by atoms with E-state index in [4.69, 9.17) is 0 Å². The molecule has 1 fully saturated rings. The Morgan fingerprint density at radius 3 is 2.57 bits per heavy atom. The van der Waals surface area contributed by atoms with Gasteiger partial charge in [0.1, 0.15) is 0 Å². The van der Waals surface area contributed by atoms with Gasteiger partial charge < -0.3 is 5.32 Å². The fourth-order valence-corrected chi connectivity index (χ4v) is 4.25. The molecular formula is C22H23N5O. The molecule has 0 saturated carbocycles. The second-order valence-corrected chi connectivity index (χ2v) is 7.60. The number of aryl methyl sites for hydroxylation is 2. The van der Waals surface area contributed by atoms with Crippen LogP contribution < -0.4 is 11.0 Å². The van der Waals surface area contributed by atoms with Crippen molar-refractivity contribution in [3.63, 3.8) is 0 Å². The minimum atomic E-state index is 0.0404. The van der Waals surface area contributed by atoms with E-state index in [9.17, 15) is 4.79 Å². The highest BCUT2D eigenvalue weighted by Crippen LogP contribution is 2.31. The molecule has 0 radical (unpaired) electrons. The van der Waals surface area contributed by atoms with Crippen molar-refractivity contribution >= 4 is 21.9 Å². The lowest BCUT2D eigenvalue weighted by Gasteiger charge is -2.24. The van der Waals surface area contributed by atoms with E-state index in [1.807, 2.05) is 43.1 Å². The first-order valence-corrected chi connectivity index (χ1v) is 9.77. The molecule has 1 aliphatic rings. The van der Waals surface area contributed by atoms with Crippen LogP contribution in [0.15, 0.2) is 47.5 Å². The topological polar surface area (TPSA) is 64.7 Å². The Hall–Kier alpha value is -2.99. The van der Waals surface area contributed by atoms with Crippen molar-refractivity contribution in [3.05, 3.63) is 58.9 Å². The molecule has 0 unspecified atom stereocenters. The minimum absolute atomic E-state index is 0.0404. The lowest BCUT2D eigenvalue weighted by atomic mass is 10.0. The number of fused-ring (bicyclic) bond motifs is 3. The monoisotopic (exact) mass is 373 g/mol. The van der Waals surface area contributed by atoms with Crippen LogP contribution in [-0.2, 0) is 7.05 Å². The highest BCUT2D eigenvalue weighted by molar-refractivity contribution is 6.04. The Morgan fingerprint density at radius 1 is 1.04 bits per heavy atom. The van der Waals surface area contributed by atoms with Gasteiger partial charge in [-0.05, 0) is 56.6 Å². The Labute approximate surface area is 162 Å². The van der Waals surface area contributed by atoms with Crippen LogP contribution in [-0.4, -0.2) is 32.2 Å². The standard InChI is InChI=1S/C22H23N5O/c1-14-3-4-16(12-24-14)15-5-6-19-18(11-15)21-20(13-25-19)26(2)22(28)27(21)17-7-9-23-10-8-17/h3-6,11-13,17,23H,7-10H2,1-2H3. The maximum atomic E-state index is 13.1. The highest BCUT2D eigenvalue weighted by Gasteiger charge is 2.23. The van der Waals surface area contributed by atoms with Gasteiger partial charge in [-0.3, -0.25) is 19.1 Å². The predicted molar refractivity (Wildman–Crippen MR) is 112 cm³/mol. The fraction of sp³-hybridized carbons (Fsp3) is 0.318. The summed E-state index contributed by atoms with van der Waals surface area (Å²) in [6.07, 6.45) is 5.65. The van der Waals surface area contributed by atoms with Crippen LogP contribution in [0.5, 0.6) is 0 Å². The van der Waals surface area contributed by atoms with E-state index in [0.717, 1.165) is 64.7 Å². The van der Waals surface area contributed by atoms with Crippen molar-refractivity contribution in [3.8, 4) is 11.1 Å². The highest BCUT2D eigenvalue weighted by atomic mass is 16.1. The summed E-state index contributed by atoms with van der Waals surface area (Å²) in [5.74, 6) is 0. The van der Waals surface area contributed by atoms with Crippen molar-refractivity contribution < 1.29 is 0 Å². The Bertz CT molecular complexity index is 1230. The number of piperidine rings is 1. The van der Waals surface area contributed by atoms with Crippen LogP contribution in [0.3, 0.4) is 0 Å². The molecular weight excluding hydrogens is 350 g/mol. The maximum absolute atomic E-state index is 13.1. The molecule has 0 aliphatic carbocycles. The number of nitrogens with zero attached hydrogens (tertiary/aromatic N) is 4. The molecule has 1 N–H and O–H groups in total. The molecule has 6 heteroatoms. The smallest absolute Gasteiger partial charge is 0.317 e. The lowest BCUT2D eigenvalue weighted by Crippen LogP contribution is -2.34. The first kappa shape index (κ1) is 17.1. The summed E-state index contributed by atoms with van der Waals surface area (Å²) in [5.41, 5.74) is 5.97. The second-order valence-electron chi connectivity index (χ2n) is 7.60. The van der Waals surface area contributed by atoms with Crippen molar-refractivity contribution in [2.45, 2.75) is 25.8 Å². The number of benzene rings is 1. The molecule has 28 heavy (non-hydrogen) atoms. The van der Waals surface area contributed by atoms with E-state index in [1.54, 1.807) is 4.57 Å². The minimum Gasteiger partial charge on any atom is -0.317 e. The molecule has 0 amide bonds. The summed E-state index contributed by atoms with van der Waals surface area (Å²) in [5, 5.41) is 4.41. The van der Waals surface area contributed by atoms with Gasteiger partial charge in [0.25, 0.3) is 0 Å². The van der Waals surface area contributed by atoms with Crippen molar-refractivity contribution in [1.82, 2.24) is 24.4 Å². The third-order valence-corrected chi connectivity index (χ3v) is 5.83. The van der Waals surface area contributed by atoms with Gasteiger partial charge >= 0.3 is 5.69 Å². The van der Waals surface area contributed by atoms with Crippen LogP contribution >= 0.6 is 0 Å². The molecule has 3 aromatic heterocycles. The molecule has 6 nitrogen and oxygen atoms in total. The van der Waals surface area contributed by atoms with Crippen LogP contribution in [0, 0.1) is 6.92 Å². The molecule has 0 bridgehead atoms. The summed E-state index contributed by atoms with van der Waals surface area (Å²) >= 11 is 0. The maximum Gasteiger partial charge on any atom is 0.329 e. The van der Waals surface area contributed by atoms with E-state index in [2.05, 4.69) is 33.5 Å². The third-order valence-electron chi connectivity index (χ3n) is 5.83. The zero-order chi connectivity index (χ0) is 19.3. The Kier molecular flexibility index (Phi) is 4.02. The molecule has 0 spiro atoms. The number of hydrogen-bond donors (Lipinski definition) is 1. The molecule has 1 aliphatic heterocycles. The average molecular weight is 373 g/mol. The first-order valence-electron chi connectivity index (χ1n) is 9.77. The molecule has 142 valence electrons. The molecule has 4 heterocycles. The van der Waals surface area contributed by atoms with Gasteiger partial charge in [0.2, 0.25) is 0 Å². The number of pyridine rings is 2. The number of rotatable bonds is 2. The summed E-state index contributed by atoms with van der Waals surface area (Å²) < 4.78 is 3.72. The van der Waals surface area contributed by atoms with Crippen molar-refractivity contribution in [1.29, 1.82) is 0 Å². The summed E-state index contributed by atoms with van der Waals surface area (Å²) in [6, 6.07) is 10.6. The third kappa shape index (κ3) is 2.64. The van der Waals surface area contributed by atoms with E-state index in [-0.39, 0.29) is 11.7 Å². The van der Waals surface area contributed by atoms with Crippen LogP contribution in [0.25, 0.3) is 33.1 Å². The van der Waals surface area contributed by atoms with Gasteiger partial charge in [-0.15, -0.1) is 0 Å². The van der Waals surface area contributed by atoms with Crippen LogP contribution in [0.1, 0.15) is 24.6 Å². The average Bonchev–Trinajstić information content (AvgIpc) is 3.00. The summed E-state index contributed by atoms with van der Waals surface area (Å²) in [6.45, 7) is 3.87. The number of hydrogen-bond acceptors (Lipinski definition) is 4. The largest absolute Gasteiger partial charge is 0.329 e. The zero-order valence-electron chi connectivity index (χ0n) is 16.1. The van der Waals surface area contributed by atoms with Gasteiger partial charge in [0.05, 0.1) is 22.7 Å². The molecule has 0 atom stereocenters. The Balaban J connectivity index is 1.79. The zero-order valence-corrected chi connectivity index (χ0v) is 16.1. The number of nitrogens with one attached hydrogen (secondary N) is 1. The summed E-state index contributed by atoms with van der Waals surface area (Å²) in [7, 11) is 1.84. The molecule has 1 aromatic carbocycles. The van der Waals surface area contributed by atoms with Gasteiger partial charge in [0.15, 0.2) is 0 Å². The van der Waals surface area contributed by atoms with Gasteiger partial charge in [-0.1, -0.05) is 12.1 Å². The van der Waals surface area contributed by atoms with E-state index in [1.165, 1.54) is 0 Å². The Morgan fingerprint density at radius 2 is 1.82 bits per heavy atom. The number of imidazole rings is 1. The molecule has 4 aromatic rings. The summed E-state index contributed by atoms with van der Waals surface area (Å²) in [4.78, 5) is 22.1. The van der Waals surface area contributed by atoms with Gasteiger partial charge in [0, 0.05) is 35.9 Å². The van der Waals surface area contributed by atoms with Gasteiger partial charge in [-0.25, -0.2) is 4.79 Å². The van der Waals surface area contributed by atoms with Crippen LogP contribution in [0.4, 0.5) is 0 Å². The lowest BCUT2D eigenvalue weighted by molar-refractivity contribution is 0.366. The van der Waals surface area contributed by atoms with E-state index in [0.29, 0.717) is 0 Å². The van der Waals surface area contributed by atoms with Crippen molar-refractivity contribution in [2.75, 3.05) is 13.1 Å². The number of aromatic nitrogens is 4. The SMILES string of the molecule is Cc1ccc(-c2ccc3ncc4c(c3c2)n(C2CCNCC2)c(=O)n4C)cn1. The molecule has 1 saturated heterocycles. The first-order chi connectivity index (χ1) is 13.6. The quantitative estimate of drug-likeness (QED) is 0.586. The molecule has 5 rings (SSSR count). The van der Waals surface area contributed by atoms with Crippen molar-refractivity contribution in [2.24, 2.45) is 7.05 Å².